The maximum absolute atomic E-state index is 13.2. The molecule has 0 bridgehead atoms. The lowest BCUT2D eigenvalue weighted by atomic mass is 10.0. The number of hydrogen-bond acceptors (Lipinski definition) is 3. The molecule has 1 aromatic heterocycles. The van der Waals surface area contributed by atoms with Crippen LogP contribution < -0.4 is 0 Å². The Labute approximate surface area is 153 Å². The molecular formula is C18H6F6N4. The average Bonchev–Trinajstić information content (AvgIpc) is 2.91. The molecule has 28 heavy (non-hydrogen) atoms. The van der Waals surface area contributed by atoms with E-state index in [0.717, 1.165) is 0 Å². The summed E-state index contributed by atoms with van der Waals surface area (Å²) in [5.41, 5.74) is -3.08. The Kier molecular flexibility index (Phi) is 3.68. The van der Waals surface area contributed by atoms with Gasteiger partial charge in [0.2, 0.25) is 0 Å². The van der Waals surface area contributed by atoms with Crippen LogP contribution in [0.5, 0.6) is 0 Å². The van der Waals surface area contributed by atoms with Crippen LogP contribution >= 0.6 is 0 Å². The largest absolute Gasteiger partial charge is 0.417 e. The summed E-state index contributed by atoms with van der Waals surface area (Å²) in [5.74, 6) is 0. The minimum atomic E-state index is -5.23. The fourth-order valence-corrected chi connectivity index (χ4v) is 3.10. The second-order valence-electron chi connectivity index (χ2n) is 5.90. The molecule has 0 radical (unpaired) electrons. The van der Waals surface area contributed by atoms with Gasteiger partial charge in [0.15, 0.2) is 5.71 Å². The molecule has 0 aliphatic heterocycles. The molecule has 0 amide bonds. The Balaban J connectivity index is 2.08. The SMILES string of the molecule is [C-]#[N+]/N=C1\c2ccccc2-c2nc3cc(C(F)(F)F)c(C(F)(F)F)cc3nc21. The van der Waals surface area contributed by atoms with Gasteiger partial charge in [-0.25, -0.2) is 9.97 Å². The second kappa shape index (κ2) is 5.76. The fraction of sp³-hybridized carbons (Fsp3) is 0.111. The number of halogens is 6. The predicted octanol–water partition coefficient (Wildman–Crippen LogP) is 5.32. The molecule has 0 fully saturated rings. The quantitative estimate of drug-likeness (QED) is 0.231. The van der Waals surface area contributed by atoms with Gasteiger partial charge in [0.1, 0.15) is 5.69 Å². The molecule has 1 aliphatic carbocycles. The summed E-state index contributed by atoms with van der Waals surface area (Å²) in [6.07, 6.45) is -10.4. The zero-order valence-corrected chi connectivity index (χ0v) is 13.5. The summed E-state index contributed by atoms with van der Waals surface area (Å²) >= 11 is 0. The predicted molar refractivity (Wildman–Crippen MR) is 87.2 cm³/mol. The maximum Gasteiger partial charge on any atom is 0.417 e. The third-order valence-corrected chi connectivity index (χ3v) is 4.23. The van der Waals surface area contributed by atoms with E-state index in [0.29, 0.717) is 23.3 Å². The normalized spacial score (nSPS) is 14.8. The van der Waals surface area contributed by atoms with Crippen molar-refractivity contribution in [1.82, 2.24) is 9.97 Å². The zero-order chi connectivity index (χ0) is 20.3. The van der Waals surface area contributed by atoms with Crippen LogP contribution in [-0.4, -0.2) is 15.7 Å². The Hall–Kier alpha value is -3.48. The molecule has 4 rings (SSSR count). The van der Waals surface area contributed by atoms with Crippen molar-refractivity contribution in [3.63, 3.8) is 0 Å². The average molecular weight is 392 g/mol. The molecule has 0 unspecified atom stereocenters. The van der Waals surface area contributed by atoms with Crippen LogP contribution in [0.15, 0.2) is 41.5 Å². The lowest BCUT2D eigenvalue weighted by Crippen LogP contribution is -2.17. The minimum Gasteiger partial charge on any atom is -0.244 e. The van der Waals surface area contributed by atoms with Crippen molar-refractivity contribution in [2.45, 2.75) is 12.4 Å². The minimum absolute atomic E-state index is 0.0533. The van der Waals surface area contributed by atoms with Crippen LogP contribution in [0.25, 0.3) is 27.2 Å². The number of alkyl halides is 6. The molecule has 10 heteroatoms. The van der Waals surface area contributed by atoms with Crippen molar-refractivity contribution in [1.29, 1.82) is 0 Å². The highest BCUT2D eigenvalue weighted by atomic mass is 19.4. The fourth-order valence-electron chi connectivity index (χ4n) is 3.10. The summed E-state index contributed by atoms with van der Waals surface area (Å²) in [5, 5.41) is 3.64. The van der Waals surface area contributed by atoms with Gasteiger partial charge in [-0.15, -0.1) is 4.95 Å². The molecule has 3 aromatic rings. The number of rotatable bonds is 0. The smallest absolute Gasteiger partial charge is 0.244 e. The van der Waals surface area contributed by atoms with E-state index in [1.807, 2.05) is 0 Å². The Morgan fingerprint density at radius 2 is 1.29 bits per heavy atom. The first-order valence-electron chi connectivity index (χ1n) is 7.66. The molecule has 2 aromatic carbocycles. The van der Waals surface area contributed by atoms with E-state index in [2.05, 4.69) is 20.0 Å². The van der Waals surface area contributed by atoms with E-state index in [-0.39, 0.29) is 28.1 Å². The van der Waals surface area contributed by atoms with E-state index in [4.69, 9.17) is 6.57 Å². The first kappa shape index (κ1) is 17.9. The highest BCUT2D eigenvalue weighted by Crippen LogP contribution is 2.43. The van der Waals surface area contributed by atoms with Gasteiger partial charge < -0.3 is 0 Å². The third-order valence-electron chi connectivity index (χ3n) is 4.23. The van der Waals surface area contributed by atoms with Crippen LogP contribution in [0.2, 0.25) is 0 Å². The Morgan fingerprint density at radius 1 is 0.786 bits per heavy atom. The van der Waals surface area contributed by atoms with Gasteiger partial charge in [-0.2, -0.15) is 32.9 Å². The van der Waals surface area contributed by atoms with Gasteiger partial charge >= 0.3 is 12.4 Å². The zero-order valence-electron chi connectivity index (χ0n) is 13.5. The number of hydrogen-bond donors (Lipinski definition) is 0. The van der Waals surface area contributed by atoms with Crippen LogP contribution in [0.1, 0.15) is 22.4 Å². The Bertz CT molecular complexity index is 1200. The Morgan fingerprint density at radius 3 is 1.79 bits per heavy atom. The molecule has 1 aliphatic rings. The van der Waals surface area contributed by atoms with E-state index in [1.165, 1.54) is 0 Å². The summed E-state index contributed by atoms with van der Waals surface area (Å²) < 4.78 is 79.1. The number of fused-ring (bicyclic) bond motifs is 4. The lowest BCUT2D eigenvalue weighted by Gasteiger charge is -2.16. The van der Waals surface area contributed by atoms with Crippen molar-refractivity contribution in [2.75, 3.05) is 0 Å². The highest BCUT2D eigenvalue weighted by molar-refractivity contribution is 6.23. The first-order valence-corrected chi connectivity index (χ1v) is 7.66. The van der Waals surface area contributed by atoms with Crippen LogP contribution in [0, 0.1) is 6.57 Å². The monoisotopic (exact) mass is 392 g/mol. The van der Waals surface area contributed by atoms with Crippen molar-refractivity contribution < 1.29 is 26.3 Å². The van der Waals surface area contributed by atoms with Gasteiger partial charge in [-0.3, -0.25) is 0 Å². The summed E-state index contributed by atoms with van der Waals surface area (Å²) in [4.78, 5) is 11.1. The van der Waals surface area contributed by atoms with E-state index < -0.39 is 23.5 Å². The van der Waals surface area contributed by atoms with Crippen LogP contribution in [0.4, 0.5) is 26.3 Å². The van der Waals surface area contributed by atoms with Crippen molar-refractivity contribution >= 4 is 16.7 Å². The molecule has 4 nitrogen and oxygen atoms in total. The molecule has 0 saturated carbocycles. The van der Waals surface area contributed by atoms with Crippen molar-refractivity contribution in [3.05, 3.63) is 70.3 Å². The second-order valence-corrected chi connectivity index (χ2v) is 5.90. The van der Waals surface area contributed by atoms with E-state index >= 15 is 0 Å². The van der Waals surface area contributed by atoms with Crippen molar-refractivity contribution in [2.24, 2.45) is 5.10 Å². The lowest BCUT2D eigenvalue weighted by molar-refractivity contribution is -0.161. The molecule has 0 N–H and O–H groups in total. The van der Waals surface area contributed by atoms with Gasteiger partial charge in [0, 0.05) is 11.1 Å². The molecular weight excluding hydrogens is 386 g/mol. The number of nitrogens with zero attached hydrogens (tertiary/aromatic N) is 4. The summed E-state index contributed by atoms with van der Waals surface area (Å²) in [7, 11) is 0. The van der Waals surface area contributed by atoms with E-state index in [1.54, 1.807) is 24.3 Å². The van der Waals surface area contributed by atoms with Gasteiger partial charge in [0.05, 0.1) is 33.0 Å². The number of aromatic nitrogens is 2. The summed E-state index contributed by atoms with van der Waals surface area (Å²) in [6, 6.07) is 7.23. The van der Waals surface area contributed by atoms with Crippen molar-refractivity contribution in [3.8, 4) is 11.3 Å². The van der Waals surface area contributed by atoms with Gasteiger partial charge in [-0.05, 0) is 12.1 Å². The molecule has 0 atom stereocenters. The molecule has 0 spiro atoms. The maximum atomic E-state index is 13.2. The van der Waals surface area contributed by atoms with Crippen LogP contribution in [-0.2, 0) is 12.4 Å². The first-order chi connectivity index (χ1) is 13.1. The standard InChI is InChI=1S/C18H6F6N4/c1-25-28-15-9-5-3-2-4-8(9)14-16(15)27-13-7-11(18(22,23)24)10(17(19,20)21)6-12(13)26-14/h2-7H/b28-15+. The molecule has 140 valence electrons. The molecule has 1 heterocycles. The van der Waals surface area contributed by atoms with Gasteiger partial charge in [-0.1, -0.05) is 24.3 Å². The molecule has 0 saturated heterocycles. The topological polar surface area (TPSA) is 42.5 Å². The summed E-state index contributed by atoms with van der Waals surface area (Å²) in [6.45, 7) is 6.94. The van der Waals surface area contributed by atoms with Crippen LogP contribution in [0.3, 0.4) is 0 Å². The number of benzene rings is 2. The van der Waals surface area contributed by atoms with Gasteiger partial charge in [0.25, 0.3) is 0 Å². The highest BCUT2D eigenvalue weighted by Gasteiger charge is 2.44. The third kappa shape index (κ3) is 2.67. The van der Waals surface area contributed by atoms with E-state index in [9.17, 15) is 26.3 Å².